The van der Waals surface area contributed by atoms with Crippen molar-refractivity contribution in [1.29, 1.82) is 0 Å². The van der Waals surface area contributed by atoms with E-state index in [0.717, 1.165) is 22.7 Å². The van der Waals surface area contributed by atoms with E-state index in [9.17, 15) is 9.90 Å². The smallest absolute Gasteiger partial charge is 0.354 e. The number of aromatic carboxylic acids is 1. The quantitative estimate of drug-likeness (QED) is 0.578. The maximum Gasteiger partial charge on any atom is 0.354 e. The molecule has 6 nitrogen and oxygen atoms in total. The molecule has 3 heterocycles. The number of aromatic nitrogens is 3. The minimum absolute atomic E-state index is 0.0158. The summed E-state index contributed by atoms with van der Waals surface area (Å²) in [6, 6.07) is 12.5. The number of nitrogens with zero attached hydrogens (tertiary/aromatic N) is 3. The molecule has 0 spiro atoms. The van der Waals surface area contributed by atoms with Crippen LogP contribution in [0.1, 0.15) is 21.9 Å². The Balaban J connectivity index is 1.74. The van der Waals surface area contributed by atoms with E-state index in [-0.39, 0.29) is 5.69 Å². The number of rotatable bonds is 4. The summed E-state index contributed by atoms with van der Waals surface area (Å²) >= 11 is 6.46. The third-order valence-electron chi connectivity index (χ3n) is 4.19. The molecule has 0 aliphatic rings. The third kappa shape index (κ3) is 2.84. The van der Waals surface area contributed by atoms with Gasteiger partial charge in [0.1, 0.15) is 17.1 Å². The number of benzene rings is 1. The fourth-order valence-corrected chi connectivity index (χ4v) is 3.11. The Morgan fingerprint density at radius 2 is 2.08 bits per heavy atom. The first-order valence-electron chi connectivity index (χ1n) is 7.92. The molecule has 4 aromatic rings. The van der Waals surface area contributed by atoms with Crippen molar-refractivity contribution in [2.45, 2.75) is 13.5 Å². The number of hydrogen-bond donors (Lipinski definition) is 1. The molecule has 7 heteroatoms. The van der Waals surface area contributed by atoms with Gasteiger partial charge in [-0.05, 0) is 42.8 Å². The van der Waals surface area contributed by atoms with Gasteiger partial charge in [0, 0.05) is 10.6 Å². The molecule has 0 atom stereocenters. The Labute approximate surface area is 153 Å². The Bertz CT molecular complexity index is 1120. The van der Waals surface area contributed by atoms with Crippen molar-refractivity contribution in [3.05, 3.63) is 70.8 Å². The van der Waals surface area contributed by atoms with Crippen LogP contribution in [0, 0.1) is 6.92 Å². The summed E-state index contributed by atoms with van der Waals surface area (Å²) in [5.41, 5.74) is 2.93. The minimum atomic E-state index is -1.07. The van der Waals surface area contributed by atoms with Gasteiger partial charge < -0.3 is 14.1 Å². The highest BCUT2D eigenvalue weighted by Gasteiger charge is 2.14. The first-order chi connectivity index (χ1) is 12.5. The topological polar surface area (TPSA) is 81.1 Å². The summed E-state index contributed by atoms with van der Waals surface area (Å²) in [4.78, 5) is 19.9. The highest BCUT2D eigenvalue weighted by atomic mass is 35.5. The standard InChI is InChI=1S/C19H14ClN3O3/c1-11-21-15-6-7-16(19(24)25)22-18(15)23(11)10-13-5-4-12(9-14(13)20)17-3-2-8-26-17/h2-9H,10H2,1H3,(H,24,25). The van der Waals surface area contributed by atoms with E-state index in [1.54, 1.807) is 12.3 Å². The van der Waals surface area contributed by atoms with Crippen LogP contribution in [-0.2, 0) is 6.54 Å². The Hall–Kier alpha value is -3.12. The van der Waals surface area contributed by atoms with E-state index >= 15 is 0 Å². The molecule has 0 unspecified atom stereocenters. The fraction of sp³-hybridized carbons (Fsp3) is 0.105. The van der Waals surface area contributed by atoms with E-state index in [4.69, 9.17) is 16.0 Å². The number of fused-ring (bicyclic) bond motifs is 1. The van der Waals surface area contributed by atoms with Gasteiger partial charge in [-0.2, -0.15) is 0 Å². The first kappa shape index (κ1) is 16.4. The molecule has 0 amide bonds. The van der Waals surface area contributed by atoms with Gasteiger partial charge in [0.15, 0.2) is 11.3 Å². The number of carboxylic acid groups (broad SMARTS) is 1. The van der Waals surface area contributed by atoms with Crippen LogP contribution < -0.4 is 0 Å². The highest BCUT2D eigenvalue weighted by molar-refractivity contribution is 6.31. The van der Waals surface area contributed by atoms with Crippen molar-refractivity contribution in [3.8, 4) is 11.3 Å². The molecular formula is C19H14ClN3O3. The Morgan fingerprint density at radius 3 is 2.77 bits per heavy atom. The van der Waals surface area contributed by atoms with Crippen molar-refractivity contribution in [2.75, 3.05) is 0 Å². The molecule has 0 aliphatic carbocycles. The van der Waals surface area contributed by atoms with Gasteiger partial charge in [0.25, 0.3) is 0 Å². The SMILES string of the molecule is Cc1nc2ccc(C(=O)O)nc2n1Cc1ccc(-c2ccco2)cc1Cl. The number of aryl methyl sites for hydroxylation is 1. The van der Waals surface area contributed by atoms with E-state index in [0.29, 0.717) is 22.7 Å². The number of furan rings is 1. The summed E-state index contributed by atoms with van der Waals surface area (Å²) in [5.74, 6) is 0.412. The van der Waals surface area contributed by atoms with E-state index < -0.39 is 5.97 Å². The highest BCUT2D eigenvalue weighted by Crippen LogP contribution is 2.27. The number of carbonyl (C=O) groups is 1. The molecule has 3 aromatic heterocycles. The van der Waals surface area contributed by atoms with Gasteiger partial charge in [-0.3, -0.25) is 0 Å². The number of pyridine rings is 1. The van der Waals surface area contributed by atoms with Crippen molar-refractivity contribution in [2.24, 2.45) is 0 Å². The molecule has 0 saturated carbocycles. The number of carboxylic acids is 1. The molecule has 1 N–H and O–H groups in total. The van der Waals surface area contributed by atoms with Gasteiger partial charge in [-0.15, -0.1) is 0 Å². The molecule has 4 rings (SSSR count). The van der Waals surface area contributed by atoms with Gasteiger partial charge in [0.05, 0.1) is 12.8 Å². The zero-order valence-electron chi connectivity index (χ0n) is 13.8. The molecule has 0 radical (unpaired) electrons. The average molecular weight is 368 g/mol. The summed E-state index contributed by atoms with van der Waals surface area (Å²) in [6.07, 6.45) is 1.61. The van der Waals surface area contributed by atoms with E-state index in [1.807, 2.05) is 41.8 Å². The number of imidazole rings is 1. The first-order valence-corrected chi connectivity index (χ1v) is 8.30. The predicted molar refractivity (Wildman–Crippen MR) is 97.5 cm³/mol. The lowest BCUT2D eigenvalue weighted by Gasteiger charge is -2.10. The summed E-state index contributed by atoms with van der Waals surface area (Å²) in [6.45, 7) is 2.29. The monoisotopic (exact) mass is 367 g/mol. The molecule has 0 saturated heterocycles. The second kappa shape index (κ2) is 6.31. The van der Waals surface area contributed by atoms with E-state index in [2.05, 4.69) is 9.97 Å². The normalized spacial score (nSPS) is 11.2. The Kier molecular flexibility index (Phi) is 3.97. The minimum Gasteiger partial charge on any atom is -0.477 e. The van der Waals surface area contributed by atoms with Crippen molar-refractivity contribution in [3.63, 3.8) is 0 Å². The fourth-order valence-electron chi connectivity index (χ4n) is 2.87. The van der Waals surface area contributed by atoms with Crippen LogP contribution in [0.25, 0.3) is 22.5 Å². The van der Waals surface area contributed by atoms with Gasteiger partial charge in [0.2, 0.25) is 0 Å². The second-order valence-corrected chi connectivity index (χ2v) is 6.28. The lowest BCUT2D eigenvalue weighted by molar-refractivity contribution is 0.0691. The van der Waals surface area contributed by atoms with Crippen LogP contribution in [-0.4, -0.2) is 25.6 Å². The molecule has 130 valence electrons. The molecular weight excluding hydrogens is 354 g/mol. The van der Waals surface area contributed by atoms with Crippen LogP contribution in [0.2, 0.25) is 5.02 Å². The van der Waals surface area contributed by atoms with Crippen LogP contribution in [0.4, 0.5) is 0 Å². The molecule has 0 bridgehead atoms. The largest absolute Gasteiger partial charge is 0.477 e. The summed E-state index contributed by atoms with van der Waals surface area (Å²) < 4.78 is 7.25. The van der Waals surface area contributed by atoms with Gasteiger partial charge >= 0.3 is 5.97 Å². The number of halogens is 1. The molecule has 1 aromatic carbocycles. The van der Waals surface area contributed by atoms with Gasteiger partial charge in [-0.25, -0.2) is 14.8 Å². The van der Waals surface area contributed by atoms with Crippen LogP contribution in [0.15, 0.2) is 53.1 Å². The maximum absolute atomic E-state index is 11.2. The molecule has 0 fully saturated rings. The lowest BCUT2D eigenvalue weighted by Crippen LogP contribution is -2.06. The van der Waals surface area contributed by atoms with Crippen molar-refractivity contribution < 1.29 is 14.3 Å². The maximum atomic E-state index is 11.2. The average Bonchev–Trinajstić information content (AvgIpc) is 3.24. The van der Waals surface area contributed by atoms with Gasteiger partial charge in [-0.1, -0.05) is 23.7 Å². The zero-order valence-corrected chi connectivity index (χ0v) is 14.6. The van der Waals surface area contributed by atoms with E-state index in [1.165, 1.54) is 6.07 Å². The zero-order chi connectivity index (χ0) is 18.3. The second-order valence-electron chi connectivity index (χ2n) is 5.87. The number of hydrogen-bond acceptors (Lipinski definition) is 4. The third-order valence-corrected chi connectivity index (χ3v) is 4.54. The van der Waals surface area contributed by atoms with Crippen LogP contribution in [0.3, 0.4) is 0 Å². The van der Waals surface area contributed by atoms with Crippen molar-refractivity contribution >= 4 is 28.7 Å². The Morgan fingerprint density at radius 1 is 1.23 bits per heavy atom. The molecule has 26 heavy (non-hydrogen) atoms. The van der Waals surface area contributed by atoms with Crippen molar-refractivity contribution in [1.82, 2.24) is 14.5 Å². The lowest BCUT2D eigenvalue weighted by atomic mass is 10.1. The van der Waals surface area contributed by atoms with Crippen LogP contribution in [0.5, 0.6) is 0 Å². The molecule has 0 aliphatic heterocycles. The summed E-state index contributed by atoms with van der Waals surface area (Å²) in [5, 5.41) is 9.77. The predicted octanol–water partition coefficient (Wildman–Crippen LogP) is 4.40. The summed E-state index contributed by atoms with van der Waals surface area (Å²) in [7, 11) is 0. The van der Waals surface area contributed by atoms with Crippen LogP contribution >= 0.6 is 11.6 Å².